The van der Waals surface area contributed by atoms with Crippen molar-refractivity contribution in [1.29, 1.82) is 0 Å². The average molecular weight is 380 g/mol. The number of benzene rings is 1. The predicted molar refractivity (Wildman–Crippen MR) is 97.4 cm³/mol. The first-order chi connectivity index (χ1) is 12.3. The number of hydrogen-bond donors (Lipinski definition) is 2. The number of likely N-dealkylation sites (tertiary alicyclic amines) is 1. The summed E-state index contributed by atoms with van der Waals surface area (Å²) in [4.78, 5) is 26.1. The molecule has 1 saturated carbocycles. The zero-order valence-corrected chi connectivity index (χ0v) is 15.5. The molecule has 0 radical (unpaired) electrons. The summed E-state index contributed by atoms with van der Waals surface area (Å²) < 4.78 is 26.3. The van der Waals surface area contributed by atoms with Gasteiger partial charge in [-0.3, -0.25) is 9.52 Å². The molecule has 3 unspecified atom stereocenters. The van der Waals surface area contributed by atoms with E-state index in [1.807, 2.05) is 0 Å². The molecule has 1 aromatic carbocycles. The molecule has 1 aromatic rings. The fourth-order valence-electron chi connectivity index (χ4n) is 4.21. The number of nitrogens with one attached hydrogen (secondary N) is 1. The Labute approximate surface area is 153 Å². The van der Waals surface area contributed by atoms with Gasteiger partial charge in [-0.2, -0.15) is 0 Å². The number of amides is 1. The molecule has 1 heterocycles. The van der Waals surface area contributed by atoms with Gasteiger partial charge in [0, 0.05) is 17.8 Å². The molecule has 0 spiro atoms. The van der Waals surface area contributed by atoms with Gasteiger partial charge in [0.25, 0.3) is 5.91 Å². The molecule has 0 bridgehead atoms. The second-order valence-corrected chi connectivity index (χ2v) is 8.94. The van der Waals surface area contributed by atoms with E-state index in [1.165, 1.54) is 11.0 Å². The van der Waals surface area contributed by atoms with Crippen molar-refractivity contribution < 1.29 is 23.1 Å². The lowest BCUT2D eigenvalue weighted by atomic mass is 9.94. The third kappa shape index (κ3) is 3.70. The molecule has 1 aliphatic carbocycles. The first-order valence-corrected chi connectivity index (χ1v) is 10.6. The summed E-state index contributed by atoms with van der Waals surface area (Å²) in [5.41, 5.74) is 0.614. The zero-order chi connectivity index (χ0) is 18.9. The third-order valence-corrected chi connectivity index (χ3v) is 6.75. The SMILES string of the molecule is CCCS(=O)(=O)Nc1cccc(C(=O)N2CC3CCCC3C2C(=O)O)c1. The largest absolute Gasteiger partial charge is 0.480 e. The number of carboxylic acid groups (broad SMARTS) is 1. The van der Waals surface area contributed by atoms with Gasteiger partial charge in [0.05, 0.1) is 5.75 Å². The number of nitrogens with zero attached hydrogens (tertiary/aromatic N) is 1. The van der Waals surface area contributed by atoms with E-state index in [0.29, 0.717) is 24.2 Å². The van der Waals surface area contributed by atoms with Crippen molar-refractivity contribution >= 4 is 27.6 Å². The van der Waals surface area contributed by atoms with Gasteiger partial charge in [-0.25, -0.2) is 13.2 Å². The average Bonchev–Trinajstić information content (AvgIpc) is 3.13. The first-order valence-electron chi connectivity index (χ1n) is 8.96. The molecule has 2 fully saturated rings. The van der Waals surface area contributed by atoms with E-state index in [0.717, 1.165) is 19.3 Å². The fraction of sp³-hybridized carbons (Fsp3) is 0.556. The molecule has 2 N–H and O–H groups in total. The maximum Gasteiger partial charge on any atom is 0.326 e. The fourth-order valence-corrected chi connectivity index (χ4v) is 5.34. The molecule has 3 rings (SSSR count). The van der Waals surface area contributed by atoms with Crippen molar-refractivity contribution in [1.82, 2.24) is 4.90 Å². The van der Waals surface area contributed by atoms with E-state index >= 15 is 0 Å². The van der Waals surface area contributed by atoms with Gasteiger partial charge in [0.2, 0.25) is 10.0 Å². The van der Waals surface area contributed by atoms with Gasteiger partial charge in [0.15, 0.2) is 0 Å². The molecule has 1 aliphatic heterocycles. The smallest absolute Gasteiger partial charge is 0.326 e. The van der Waals surface area contributed by atoms with E-state index in [-0.39, 0.29) is 23.5 Å². The molecule has 142 valence electrons. The monoisotopic (exact) mass is 380 g/mol. The van der Waals surface area contributed by atoms with Crippen LogP contribution in [-0.4, -0.2) is 48.6 Å². The molecular formula is C18H24N2O5S. The second-order valence-electron chi connectivity index (χ2n) is 7.10. The van der Waals surface area contributed by atoms with Gasteiger partial charge >= 0.3 is 5.97 Å². The van der Waals surface area contributed by atoms with Crippen LogP contribution >= 0.6 is 0 Å². The summed E-state index contributed by atoms with van der Waals surface area (Å²) in [7, 11) is -3.45. The van der Waals surface area contributed by atoms with E-state index in [2.05, 4.69) is 4.72 Å². The maximum absolute atomic E-state index is 12.9. The van der Waals surface area contributed by atoms with Crippen LogP contribution in [0, 0.1) is 11.8 Å². The highest BCUT2D eigenvalue weighted by Crippen LogP contribution is 2.42. The Bertz CT molecular complexity index is 808. The number of anilines is 1. The number of carbonyl (C=O) groups is 2. The van der Waals surface area contributed by atoms with Crippen LogP contribution in [0.5, 0.6) is 0 Å². The minimum Gasteiger partial charge on any atom is -0.480 e. The molecule has 7 nitrogen and oxygen atoms in total. The van der Waals surface area contributed by atoms with Crippen molar-refractivity contribution in [2.24, 2.45) is 11.8 Å². The van der Waals surface area contributed by atoms with Gasteiger partial charge in [-0.1, -0.05) is 19.4 Å². The van der Waals surface area contributed by atoms with Crippen molar-refractivity contribution in [2.75, 3.05) is 17.0 Å². The Morgan fingerprint density at radius 1 is 1.31 bits per heavy atom. The Kier molecular flexibility index (Phi) is 5.22. The minimum absolute atomic E-state index is 0.00173. The number of rotatable bonds is 6. The Morgan fingerprint density at radius 3 is 2.77 bits per heavy atom. The van der Waals surface area contributed by atoms with Gasteiger partial charge < -0.3 is 10.0 Å². The molecule has 1 amide bonds. The lowest BCUT2D eigenvalue weighted by Crippen LogP contribution is -2.43. The summed E-state index contributed by atoms with van der Waals surface area (Å²) in [6.07, 6.45) is 3.29. The standard InChI is InChI=1S/C18H24N2O5S/c1-2-9-26(24,25)19-14-7-3-5-12(10-14)17(21)20-11-13-6-4-8-15(13)16(20)18(22)23/h3,5,7,10,13,15-16,19H,2,4,6,8-9,11H2,1H3,(H,22,23). The third-order valence-electron chi connectivity index (χ3n) is 5.26. The Balaban J connectivity index is 1.82. The second kappa shape index (κ2) is 7.26. The van der Waals surface area contributed by atoms with Crippen LogP contribution in [0.15, 0.2) is 24.3 Å². The predicted octanol–water partition coefficient (Wildman–Crippen LogP) is 2.16. The van der Waals surface area contributed by atoms with Crippen LogP contribution in [-0.2, 0) is 14.8 Å². The minimum atomic E-state index is -3.45. The van der Waals surface area contributed by atoms with Crippen LogP contribution < -0.4 is 4.72 Å². The number of sulfonamides is 1. The normalized spacial score (nSPS) is 25.1. The number of carbonyl (C=O) groups excluding carboxylic acids is 1. The molecule has 1 saturated heterocycles. The van der Waals surface area contributed by atoms with Gasteiger partial charge in [0.1, 0.15) is 6.04 Å². The number of hydrogen-bond acceptors (Lipinski definition) is 4. The summed E-state index contributed by atoms with van der Waals surface area (Å²) in [6, 6.07) is 5.45. The highest BCUT2D eigenvalue weighted by molar-refractivity contribution is 7.92. The van der Waals surface area contributed by atoms with E-state index in [4.69, 9.17) is 0 Å². The first kappa shape index (κ1) is 18.7. The van der Waals surface area contributed by atoms with Crippen LogP contribution in [0.4, 0.5) is 5.69 Å². The van der Waals surface area contributed by atoms with Crippen LogP contribution in [0.2, 0.25) is 0 Å². The lowest BCUT2D eigenvalue weighted by Gasteiger charge is -2.24. The van der Waals surface area contributed by atoms with Gasteiger partial charge in [-0.05, 0) is 49.3 Å². The maximum atomic E-state index is 12.9. The number of carboxylic acids is 1. The zero-order valence-electron chi connectivity index (χ0n) is 14.7. The number of aliphatic carboxylic acids is 1. The van der Waals surface area contributed by atoms with Crippen LogP contribution in [0.25, 0.3) is 0 Å². The van der Waals surface area contributed by atoms with Crippen molar-refractivity contribution in [3.63, 3.8) is 0 Å². The summed E-state index contributed by atoms with van der Waals surface area (Å²) >= 11 is 0. The summed E-state index contributed by atoms with van der Waals surface area (Å²) in [6.45, 7) is 2.22. The van der Waals surface area contributed by atoms with Crippen LogP contribution in [0.1, 0.15) is 43.0 Å². The molecule has 3 atom stereocenters. The Hall–Kier alpha value is -2.09. The van der Waals surface area contributed by atoms with E-state index in [1.54, 1.807) is 25.1 Å². The summed E-state index contributed by atoms with van der Waals surface area (Å²) in [5.74, 6) is -1.06. The van der Waals surface area contributed by atoms with Crippen molar-refractivity contribution in [3.8, 4) is 0 Å². The van der Waals surface area contributed by atoms with Gasteiger partial charge in [-0.15, -0.1) is 0 Å². The molecule has 2 aliphatic rings. The lowest BCUT2D eigenvalue weighted by molar-refractivity contribution is -0.142. The van der Waals surface area contributed by atoms with Crippen molar-refractivity contribution in [2.45, 2.75) is 38.6 Å². The van der Waals surface area contributed by atoms with E-state index in [9.17, 15) is 23.1 Å². The van der Waals surface area contributed by atoms with E-state index < -0.39 is 22.0 Å². The number of fused-ring (bicyclic) bond motifs is 1. The van der Waals surface area contributed by atoms with Crippen molar-refractivity contribution in [3.05, 3.63) is 29.8 Å². The Morgan fingerprint density at radius 2 is 2.08 bits per heavy atom. The quantitative estimate of drug-likeness (QED) is 0.787. The molecule has 0 aromatic heterocycles. The molecular weight excluding hydrogens is 356 g/mol. The molecule has 8 heteroatoms. The van der Waals surface area contributed by atoms with Crippen LogP contribution in [0.3, 0.4) is 0 Å². The topological polar surface area (TPSA) is 104 Å². The highest BCUT2D eigenvalue weighted by Gasteiger charge is 2.49. The summed E-state index contributed by atoms with van der Waals surface area (Å²) in [5, 5.41) is 9.61. The molecule has 26 heavy (non-hydrogen) atoms. The highest BCUT2D eigenvalue weighted by atomic mass is 32.2.